The van der Waals surface area contributed by atoms with Crippen molar-refractivity contribution in [2.24, 2.45) is 5.92 Å². The minimum Gasteiger partial charge on any atom is -0.482 e. The lowest BCUT2D eigenvalue weighted by Gasteiger charge is -2.31. The van der Waals surface area contributed by atoms with Crippen molar-refractivity contribution in [1.82, 2.24) is 10.2 Å². The number of benzene rings is 1. The van der Waals surface area contributed by atoms with Gasteiger partial charge in [0.25, 0.3) is 5.91 Å². The molecule has 3 N–H and O–H groups in total. The highest BCUT2D eigenvalue weighted by Gasteiger charge is 2.19. The molecule has 1 aliphatic rings. The SMILES string of the molecule is CCN(CC)C(CNC(=O)Nc1ccc2c(c1)OCC(=O)N2)CC(C)C. The Hall–Kier alpha value is -2.28. The van der Waals surface area contributed by atoms with Crippen LogP contribution >= 0.6 is 0 Å². The van der Waals surface area contributed by atoms with Crippen LogP contribution in [0.15, 0.2) is 18.2 Å². The average molecular weight is 362 g/mol. The lowest BCUT2D eigenvalue weighted by atomic mass is 10.0. The molecule has 0 aliphatic carbocycles. The summed E-state index contributed by atoms with van der Waals surface area (Å²) >= 11 is 0. The molecule has 1 heterocycles. The molecule has 1 aromatic rings. The molecule has 0 fully saturated rings. The van der Waals surface area contributed by atoms with Gasteiger partial charge in [0.2, 0.25) is 0 Å². The molecule has 1 unspecified atom stereocenters. The Morgan fingerprint density at radius 2 is 2.04 bits per heavy atom. The monoisotopic (exact) mass is 362 g/mol. The zero-order valence-electron chi connectivity index (χ0n) is 16.1. The fraction of sp³-hybridized carbons (Fsp3) is 0.579. The molecule has 0 saturated heterocycles. The number of carbonyl (C=O) groups is 2. The number of carbonyl (C=O) groups excluding carboxylic acids is 2. The first kappa shape index (κ1) is 20.0. The average Bonchev–Trinajstić information content (AvgIpc) is 2.60. The van der Waals surface area contributed by atoms with Gasteiger partial charge in [-0.05, 0) is 37.6 Å². The van der Waals surface area contributed by atoms with Crippen LogP contribution in [0.25, 0.3) is 0 Å². The lowest BCUT2D eigenvalue weighted by Crippen LogP contribution is -2.45. The molecule has 1 aliphatic heterocycles. The number of fused-ring (bicyclic) bond motifs is 1. The van der Waals surface area contributed by atoms with Gasteiger partial charge in [0.1, 0.15) is 5.75 Å². The maximum absolute atomic E-state index is 12.3. The van der Waals surface area contributed by atoms with E-state index in [0.29, 0.717) is 35.6 Å². The fourth-order valence-electron chi connectivity index (χ4n) is 3.18. The maximum Gasteiger partial charge on any atom is 0.319 e. The number of urea groups is 1. The number of hydrogen-bond donors (Lipinski definition) is 3. The second kappa shape index (κ2) is 9.43. The van der Waals surface area contributed by atoms with Gasteiger partial charge >= 0.3 is 6.03 Å². The smallest absolute Gasteiger partial charge is 0.319 e. The summed E-state index contributed by atoms with van der Waals surface area (Å²) in [5, 5.41) is 8.52. The van der Waals surface area contributed by atoms with Crippen LogP contribution in [0.2, 0.25) is 0 Å². The normalized spacial score (nSPS) is 14.5. The minimum atomic E-state index is -0.245. The van der Waals surface area contributed by atoms with Crippen LogP contribution in [0.5, 0.6) is 5.75 Å². The van der Waals surface area contributed by atoms with Crippen molar-refractivity contribution in [3.8, 4) is 5.75 Å². The van der Waals surface area contributed by atoms with Crippen molar-refractivity contribution in [2.75, 3.05) is 36.9 Å². The van der Waals surface area contributed by atoms with E-state index in [4.69, 9.17) is 4.74 Å². The molecule has 2 rings (SSSR count). The van der Waals surface area contributed by atoms with Crippen molar-refractivity contribution in [2.45, 2.75) is 40.2 Å². The van der Waals surface area contributed by atoms with Crippen molar-refractivity contribution in [3.63, 3.8) is 0 Å². The molecule has 7 heteroatoms. The van der Waals surface area contributed by atoms with E-state index in [0.717, 1.165) is 19.5 Å². The van der Waals surface area contributed by atoms with E-state index in [1.165, 1.54) is 0 Å². The Bertz CT molecular complexity index is 629. The molecular formula is C19H30N4O3. The molecule has 7 nitrogen and oxygen atoms in total. The largest absolute Gasteiger partial charge is 0.482 e. The lowest BCUT2D eigenvalue weighted by molar-refractivity contribution is -0.118. The molecule has 0 spiro atoms. The topological polar surface area (TPSA) is 82.7 Å². The Morgan fingerprint density at radius 1 is 1.31 bits per heavy atom. The summed E-state index contributed by atoms with van der Waals surface area (Å²) in [6.07, 6.45) is 1.04. The quantitative estimate of drug-likeness (QED) is 0.664. The first-order valence-corrected chi connectivity index (χ1v) is 9.28. The molecule has 144 valence electrons. The summed E-state index contributed by atoms with van der Waals surface area (Å²) < 4.78 is 5.37. The van der Waals surface area contributed by atoms with Crippen molar-refractivity contribution < 1.29 is 14.3 Å². The summed E-state index contributed by atoms with van der Waals surface area (Å²) in [4.78, 5) is 25.9. The Kier molecular flexibility index (Phi) is 7.26. The minimum absolute atomic E-state index is 0.0105. The Morgan fingerprint density at radius 3 is 2.69 bits per heavy atom. The third-order valence-electron chi connectivity index (χ3n) is 4.44. The van der Waals surface area contributed by atoms with E-state index < -0.39 is 0 Å². The first-order valence-electron chi connectivity index (χ1n) is 9.28. The molecular weight excluding hydrogens is 332 g/mol. The van der Waals surface area contributed by atoms with Gasteiger partial charge in [0.15, 0.2) is 6.61 Å². The van der Waals surface area contributed by atoms with Crippen LogP contribution in [0.1, 0.15) is 34.1 Å². The summed E-state index contributed by atoms with van der Waals surface area (Å²) in [5.41, 5.74) is 1.24. The van der Waals surface area contributed by atoms with Crippen molar-refractivity contribution >= 4 is 23.3 Å². The number of nitrogens with zero attached hydrogens (tertiary/aromatic N) is 1. The Labute approximate surface area is 155 Å². The van der Waals surface area contributed by atoms with Crippen LogP contribution in [-0.2, 0) is 4.79 Å². The number of rotatable bonds is 8. The molecule has 1 aromatic carbocycles. The highest BCUT2D eigenvalue weighted by Crippen LogP contribution is 2.30. The van der Waals surface area contributed by atoms with E-state index in [2.05, 4.69) is 48.5 Å². The van der Waals surface area contributed by atoms with Gasteiger partial charge in [0, 0.05) is 24.3 Å². The zero-order valence-corrected chi connectivity index (χ0v) is 16.1. The second-order valence-corrected chi connectivity index (χ2v) is 6.89. The van der Waals surface area contributed by atoms with E-state index in [9.17, 15) is 9.59 Å². The van der Waals surface area contributed by atoms with Gasteiger partial charge in [-0.25, -0.2) is 4.79 Å². The third-order valence-corrected chi connectivity index (χ3v) is 4.44. The number of anilines is 2. The van der Waals surface area contributed by atoms with Crippen molar-refractivity contribution in [3.05, 3.63) is 18.2 Å². The molecule has 0 aromatic heterocycles. The standard InChI is InChI=1S/C19H30N4O3/c1-5-23(6-2)15(9-13(3)4)11-20-19(25)21-14-7-8-16-17(10-14)26-12-18(24)22-16/h7-8,10,13,15H,5-6,9,11-12H2,1-4H3,(H,22,24)(H2,20,21,25). The molecule has 0 saturated carbocycles. The van der Waals surface area contributed by atoms with E-state index in [1.807, 2.05) is 0 Å². The molecule has 1 atom stereocenters. The third kappa shape index (κ3) is 5.62. The van der Waals surface area contributed by atoms with E-state index in [-0.39, 0.29) is 18.5 Å². The highest BCUT2D eigenvalue weighted by molar-refractivity contribution is 5.96. The van der Waals surface area contributed by atoms with Crippen LogP contribution in [-0.4, -0.2) is 49.1 Å². The van der Waals surface area contributed by atoms with E-state index >= 15 is 0 Å². The van der Waals surface area contributed by atoms with Gasteiger partial charge in [-0.2, -0.15) is 0 Å². The van der Waals surface area contributed by atoms with Crippen LogP contribution in [0, 0.1) is 5.92 Å². The van der Waals surface area contributed by atoms with Gasteiger partial charge in [-0.15, -0.1) is 0 Å². The number of nitrogens with one attached hydrogen (secondary N) is 3. The van der Waals surface area contributed by atoms with Gasteiger partial charge < -0.3 is 20.7 Å². The summed E-state index contributed by atoms with van der Waals surface area (Å²) in [5.74, 6) is 0.949. The molecule has 0 bridgehead atoms. The van der Waals surface area contributed by atoms with Gasteiger partial charge in [-0.1, -0.05) is 27.7 Å². The molecule has 0 radical (unpaired) electrons. The number of ether oxygens (including phenoxy) is 1. The van der Waals surface area contributed by atoms with Crippen LogP contribution < -0.4 is 20.7 Å². The first-order chi connectivity index (χ1) is 12.4. The second-order valence-electron chi connectivity index (χ2n) is 6.89. The summed E-state index contributed by atoms with van der Waals surface area (Å²) in [6.45, 7) is 11.2. The fourth-order valence-corrected chi connectivity index (χ4v) is 3.18. The predicted molar refractivity (Wildman–Crippen MR) is 104 cm³/mol. The van der Waals surface area contributed by atoms with E-state index in [1.54, 1.807) is 18.2 Å². The zero-order chi connectivity index (χ0) is 19.1. The van der Waals surface area contributed by atoms with Crippen LogP contribution in [0.4, 0.5) is 16.2 Å². The summed E-state index contributed by atoms with van der Waals surface area (Å²) in [7, 11) is 0. The van der Waals surface area contributed by atoms with Crippen molar-refractivity contribution in [1.29, 1.82) is 0 Å². The maximum atomic E-state index is 12.3. The molecule has 26 heavy (non-hydrogen) atoms. The van der Waals surface area contributed by atoms with Crippen LogP contribution in [0.3, 0.4) is 0 Å². The highest BCUT2D eigenvalue weighted by atomic mass is 16.5. The number of likely N-dealkylation sites (N-methyl/N-ethyl adjacent to an activating group) is 1. The molecule has 3 amide bonds. The Balaban J connectivity index is 1.92. The number of hydrogen-bond acceptors (Lipinski definition) is 4. The summed E-state index contributed by atoms with van der Waals surface area (Å²) in [6, 6.07) is 5.25. The van der Waals surface area contributed by atoms with Gasteiger partial charge in [-0.3, -0.25) is 9.69 Å². The predicted octanol–water partition coefficient (Wildman–Crippen LogP) is 2.90. The van der Waals surface area contributed by atoms with Gasteiger partial charge in [0.05, 0.1) is 5.69 Å². The number of amides is 3.